The first-order chi connectivity index (χ1) is 5.64. The van der Waals surface area contributed by atoms with Crippen molar-refractivity contribution in [3.63, 3.8) is 0 Å². The van der Waals surface area contributed by atoms with Gasteiger partial charge in [0, 0.05) is 0 Å². The molecule has 2 saturated carbocycles. The standard InChI is InChI=1S/C11H19P/c1-8-4-3-7-11(2)9(8)5-6-10(11)12/h9-10H,1,3-7,12H2,2H3/t9-,10-,11-/m0/s1. The lowest BCUT2D eigenvalue weighted by Crippen LogP contribution is -2.33. The highest BCUT2D eigenvalue weighted by Crippen LogP contribution is 2.56. The molecule has 4 atom stereocenters. The molecular weight excluding hydrogens is 163 g/mol. The van der Waals surface area contributed by atoms with E-state index in [1.54, 1.807) is 0 Å². The maximum absolute atomic E-state index is 4.23. The molecule has 2 aliphatic carbocycles. The Morgan fingerprint density at radius 3 is 2.92 bits per heavy atom. The Morgan fingerprint density at radius 1 is 1.50 bits per heavy atom. The SMILES string of the molecule is C=C1CCC[C@]2(C)[C@@H](P)CC[C@@H]12. The van der Waals surface area contributed by atoms with Crippen LogP contribution in [0.1, 0.15) is 39.0 Å². The van der Waals surface area contributed by atoms with Crippen LogP contribution in [0.15, 0.2) is 12.2 Å². The smallest absolute Gasteiger partial charge is 0.0146 e. The van der Waals surface area contributed by atoms with Crippen LogP contribution in [0, 0.1) is 11.3 Å². The second-order valence-corrected chi connectivity index (χ2v) is 5.56. The molecule has 0 bridgehead atoms. The largest absolute Gasteiger partial charge is 0.134 e. The van der Waals surface area contributed by atoms with Gasteiger partial charge in [0.05, 0.1) is 0 Å². The van der Waals surface area contributed by atoms with Gasteiger partial charge in [0.25, 0.3) is 0 Å². The quantitative estimate of drug-likeness (QED) is 0.398. The van der Waals surface area contributed by atoms with Crippen molar-refractivity contribution in [1.29, 1.82) is 0 Å². The van der Waals surface area contributed by atoms with Crippen LogP contribution in [0.25, 0.3) is 0 Å². The van der Waals surface area contributed by atoms with Gasteiger partial charge in [0.1, 0.15) is 0 Å². The summed E-state index contributed by atoms with van der Waals surface area (Å²) in [6.45, 7) is 6.69. The molecule has 1 unspecified atom stereocenters. The average molecular weight is 182 g/mol. The van der Waals surface area contributed by atoms with Crippen LogP contribution in [0.2, 0.25) is 0 Å². The van der Waals surface area contributed by atoms with E-state index in [9.17, 15) is 0 Å². The highest BCUT2D eigenvalue weighted by molar-refractivity contribution is 7.17. The fourth-order valence-corrected chi connectivity index (χ4v) is 3.76. The van der Waals surface area contributed by atoms with Crippen LogP contribution < -0.4 is 0 Å². The first-order valence-electron chi connectivity index (χ1n) is 5.08. The van der Waals surface area contributed by atoms with Gasteiger partial charge in [-0.25, -0.2) is 0 Å². The summed E-state index contributed by atoms with van der Waals surface area (Å²) >= 11 is 0. The molecule has 0 aliphatic heterocycles. The topological polar surface area (TPSA) is 0 Å². The predicted molar refractivity (Wildman–Crippen MR) is 57.3 cm³/mol. The summed E-state index contributed by atoms with van der Waals surface area (Å²) in [5.74, 6) is 0.841. The van der Waals surface area contributed by atoms with Crippen LogP contribution in [-0.4, -0.2) is 5.66 Å². The third kappa shape index (κ3) is 1.08. The molecule has 0 heterocycles. The van der Waals surface area contributed by atoms with E-state index in [1.807, 2.05) is 0 Å². The summed E-state index contributed by atoms with van der Waals surface area (Å²) in [6, 6.07) is 0. The van der Waals surface area contributed by atoms with E-state index in [0.29, 0.717) is 5.41 Å². The normalized spacial score (nSPS) is 47.7. The van der Waals surface area contributed by atoms with Gasteiger partial charge in [-0.05, 0) is 49.1 Å². The van der Waals surface area contributed by atoms with Crippen molar-refractivity contribution in [2.24, 2.45) is 11.3 Å². The van der Waals surface area contributed by atoms with Crippen LogP contribution in [0.3, 0.4) is 0 Å². The van der Waals surface area contributed by atoms with E-state index in [2.05, 4.69) is 22.7 Å². The highest BCUT2D eigenvalue weighted by atomic mass is 31.0. The minimum absolute atomic E-state index is 0.583. The summed E-state index contributed by atoms with van der Waals surface area (Å²) < 4.78 is 0. The zero-order valence-corrected chi connectivity index (χ0v) is 9.13. The van der Waals surface area contributed by atoms with Crippen molar-refractivity contribution in [1.82, 2.24) is 0 Å². The highest BCUT2D eigenvalue weighted by Gasteiger charge is 2.46. The summed E-state index contributed by atoms with van der Waals surface area (Å²) in [4.78, 5) is 0. The lowest BCUT2D eigenvalue weighted by molar-refractivity contribution is 0.208. The van der Waals surface area contributed by atoms with Crippen LogP contribution in [0.4, 0.5) is 0 Å². The molecule has 0 aromatic rings. The Labute approximate surface area is 78.0 Å². The number of allylic oxidation sites excluding steroid dienone is 1. The molecule has 2 fully saturated rings. The summed E-state index contributed by atoms with van der Waals surface area (Å²) in [5, 5.41) is 0. The Bertz CT molecular complexity index is 209. The molecule has 0 nitrogen and oxygen atoms in total. The summed E-state index contributed by atoms with van der Waals surface area (Å²) in [6.07, 6.45) is 6.87. The van der Waals surface area contributed by atoms with Crippen LogP contribution in [-0.2, 0) is 0 Å². The number of rotatable bonds is 0. The van der Waals surface area contributed by atoms with Crippen molar-refractivity contribution in [3.8, 4) is 0 Å². The van der Waals surface area contributed by atoms with Gasteiger partial charge in [0.2, 0.25) is 0 Å². The van der Waals surface area contributed by atoms with Crippen molar-refractivity contribution in [2.45, 2.75) is 44.7 Å². The average Bonchev–Trinajstić information content (AvgIpc) is 2.30. The van der Waals surface area contributed by atoms with Crippen molar-refractivity contribution in [3.05, 3.63) is 12.2 Å². The Balaban J connectivity index is 2.26. The molecule has 0 saturated heterocycles. The molecule has 1 heteroatoms. The minimum Gasteiger partial charge on any atom is -0.134 e. The van der Waals surface area contributed by atoms with E-state index in [0.717, 1.165) is 11.6 Å². The van der Waals surface area contributed by atoms with Crippen LogP contribution >= 0.6 is 9.24 Å². The Morgan fingerprint density at radius 2 is 2.25 bits per heavy atom. The van der Waals surface area contributed by atoms with Gasteiger partial charge in [0.15, 0.2) is 0 Å². The van der Waals surface area contributed by atoms with Crippen molar-refractivity contribution >= 4 is 9.24 Å². The van der Waals surface area contributed by atoms with Gasteiger partial charge in [-0.3, -0.25) is 0 Å². The van der Waals surface area contributed by atoms with Gasteiger partial charge in [-0.15, -0.1) is 9.24 Å². The first kappa shape index (κ1) is 8.75. The monoisotopic (exact) mass is 182 g/mol. The van der Waals surface area contributed by atoms with Crippen molar-refractivity contribution in [2.75, 3.05) is 0 Å². The van der Waals surface area contributed by atoms with Gasteiger partial charge >= 0.3 is 0 Å². The second kappa shape index (κ2) is 2.84. The zero-order chi connectivity index (χ0) is 8.77. The summed E-state index contributed by atoms with van der Waals surface area (Å²) in [7, 11) is 3.05. The molecule has 0 aromatic carbocycles. The molecule has 2 aliphatic rings. The molecule has 0 radical (unpaired) electrons. The van der Waals surface area contributed by atoms with E-state index in [1.165, 1.54) is 37.7 Å². The number of hydrogen-bond acceptors (Lipinski definition) is 0. The molecule has 68 valence electrons. The maximum atomic E-state index is 4.23. The third-order valence-electron chi connectivity index (χ3n) is 4.12. The molecular formula is C11H19P. The maximum Gasteiger partial charge on any atom is -0.0146 e. The lowest BCUT2D eigenvalue weighted by atomic mass is 9.67. The molecule has 0 aromatic heterocycles. The van der Waals surface area contributed by atoms with E-state index < -0.39 is 0 Å². The van der Waals surface area contributed by atoms with Gasteiger partial charge in [-0.1, -0.05) is 19.1 Å². The van der Waals surface area contributed by atoms with Gasteiger partial charge in [-0.2, -0.15) is 0 Å². The number of fused-ring (bicyclic) bond motifs is 1. The van der Waals surface area contributed by atoms with E-state index in [-0.39, 0.29) is 0 Å². The lowest BCUT2D eigenvalue weighted by Gasteiger charge is -2.40. The van der Waals surface area contributed by atoms with E-state index in [4.69, 9.17) is 0 Å². The fourth-order valence-electron chi connectivity index (χ4n) is 3.16. The van der Waals surface area contributed by atoms with Gasteiger partial charge < -0.3 is 0 Å². The second-order valence-electron chi connectivity index (χ2n) is 4.75. The Kier molecular flexibility index (Phi) is 2.07. The predicted octanol–water partition coefficient (Wildman–Crippen LogP) is 3.39. The van der Waals surface area contributed by atoms with Crippen LogP contribution in [0.5, 0.6) is 0 Å². The third-order valence-corrected chi connectivity index (χ3v) is 5.21. The zero-order valence-electron chi connectivity index (χ0n) is 7.97. The van der Waals surface area contributed by atoms with Crippen molar-refractivity contribution < 1.29 is 0 Å². The minimum atomic E-state index is 0.583. The first-order valence-corrected chi connectivity index (χ1v) is 5.74. The number of hydrogen-bond donors (Lipinski definition) is 0. The molecule has 12 heavy (non-hydrogen) atoms. The Hall–Kier alpha value is 0.170. The fraction of sp³-hybridized carbons (Fsp3) is 0.818. The summed E-state index contributed by atoms with van der Waals surface area (Å²) in [5.41, 5.74) is 2.97. The molecule has 0 amide bonds. The molecule has 2 rings (SSSR count). The molecule has 0 N–H and O–H groups in total. The molecule has 0 spiro atoms. The van der Waals surface area contributed by atoms with E-state index >= 15 is 0 Å².